The van der Waals surface area contributed by atoms with Gasteiger partial charge in [-0.25, -0.2) is 0 Å². The monoisotopic (exact) mass is 1200 g/mol. The Morgan fingerprint density at radius 2 is 0.330 bits per heavy atom. The SMILES string of the molecule is O=C1C(c2ccccc2)=C(c2ccc(C3=C(c4ccccc4)C(=O)C(c4ccccc4)=C3c3cc(CC#CCc4ccccc4)cc(CC#CCc4ccccc4)c3)cc2)C(c2cc(CC#CCc3ccccc3)cc(CC#CCc3ccccc3)c2)=C1c1ccccc1. The summed E-state index contributed by atoms with van der Waals surface area (Å²) in [6, 6.07) is 104. The molecule has 0 aromatic heterocycles. The highest BCUT2D eigenvalue weighted by molar-refractivity contribution is 6.60. The zero-order chi connectivity index (χ0) is 63.7. The summed E-state index contributed by atoms with van der Waals surface area (Å²) >= 11 is 0. The molecular weight excluding hydrogens is 1140 g/mol. The Labute approximate surface area is 553 Å². The molecule has 446 valence electrons. The van der Waals surface area contributed by atoms with Gasteiger partial charge in [0.25, 0.3) is 0 Å². The number of carbonyl (C=O) groups excluding carboxylic acids is 2. The first-order valence-corrected chi connectivity index (χ1v) is 32.1. The fraction of sp³-hybridized carbons (Fsp3) is 0.0870. The van der Waals surface area contributed by atoms with Gasteiger partial charge in [0, 0.05) is 96.0 Å². The van der Waals surface area contributed by atoms with E-state index in [1.54, 1.807) is 0 Å². The van der Waals surface area contributed by atoms with Gasteiger partial charge in [0.1, 0.15) is 0 Å². The Hall–Kier alpha value is -12.0. The second kappa shape index (κ2) is 29.7. The summed E-state index contributed by atoms with van der Waals surface area (Å²) in [7, 11) is 0. The summed E-state index contributed by atoms with van der Waals surface area (Å²) in [5.41, 5.74) is 21.5. The lowest BCUT2D eigenvalue weighted by molar-refractivity contribution is -0.109. The van der Waals surface area contributed by atoms with E-state index in [-0.39, 0.29) is 11.6 Å². The Morgan fingerprint density at radius 1 is 0.160 bits per heavy atom. The highest BCUT2D eigenvalue weighted by Crippen LogP contribution is 2.53. The van der Waals surface area contributed by atoms with Crippen molar-refractivity contribution >= 4 is 56.2 Å². The summed E-state index contributed by atoms with van der Waals surface area (Å²) in [5, 5.41) is 0. The van der Waals surface area contributed by atoms with Gasteiger partial charge in [-0.3, -0.25) is 9.59 Å². The first kappa shape index (κ1) is 60.8. The largest absolute Gasteiger partial charge is 0.289 e. The number of Topliss-reactive ketones (excluding diaryl/α,β-unsaturated/α-hetero) is 2. The predicted octanol–water partition coefficient (Wildman–Crippen LogP) is 19.0. The second-order valence-electron chi connectivity index (χ2n) is 23.5. The van der Waals surface area contributed by atoms with Gasteiger partial charge in [0.05, 0.1) is 0 Å². The molecule has 94 heavy (non-hydrogen) atoms. The number of ketones is 2. The van der Waals surface area contributed by atoms with E-state index in [0.717, 1.165) is 89.1 Å². The fourth-order valence-electron chi connectivity index (χ4n) is 12.6. The minimum absolute atomic E-state index is 0.0536. The third-order valence-electron chi connectivity index (χ3n) is 17.0. The van der Waals surface area contributed by atoms with E-state index in [2.05, 4.69) is 157 Å². The number of hydrogen-bond acceptors (Lipinski definition) is 2. The first-order chi connectivity index (χ1) is 46.5. The van der Waals surface area contributed by atoms with Gasteiger partial charge >= 0.3 is 0 Å². The van der Waals surface area contributed by atoms with Crippen molar-refractivity contribution in [2.24, 2.45) is 0 Å². The van der Waals surface area contributed by atoms with Gasteiger partial charge in [-0.05, 0) is 89.0 Å². The molecule has 0 spiro atoms. The molecule has 0 radical (unpaired) electrons. The second-order valence-corrected chi connectivity index (χ2v) is 23.5. The standard InChI is InChI=1S/C92H66O2/c93-91-87(75-49-17-5-18-50-75)83(85(89(91)77-53-21-7-22-54-77)81-63-71(45-29-25-41-67-33-9-1-10-34-67)61-72(64-81)46-30-26-42-68-35-11-2-12-36-68)79-57-59-80(60-58-79)84-86(90(78-55-23-8-24-56-78)92(94)88(84)76-51-19-6-20-52-76)82-65-73(47-31-27-43-69-37-13-3-14-38-69)62-74(66-82)48-32-28-44-70-39-15-4-16-40-70/h1-24,33-40,49-66H,41-48H2. The Bertz CT molecular complexity index is 4490. The Morgan fingerprint density at radius 3 is 0.543 bits per heavy atom. The van der Waals surface area contributed by atoms with Gasteiger partial charge in [-0.15, -0.1) is 0 Å². The highest BCUT2D eigenvalue weighted by atomic mass is 16.1. The summed E-state index contributed by atoms with van der Waals surface area (Å²) in [6.07, 6.45) is 4.63. The molecule has 11 aromatic rings. The maximum Gasteiger partial charge on any atom is 0.195 e. The summed E-state index contributed by atoms with van der Waals surface area (Å²) < 4.78 is 0. The van der Waals surface area contributed by atoms with Crippen molar-refractivity contribution in [3.8, 4) is 47.4 Å². The third-order valence-corrected chi connectivity index (χ3v) is 17.0. The van der Waals surface area contributed by atoms with Crippen LogP contribution < -0.4 is 0 Å². The van der Waals surface area contributed by atoms with Crippen LogP contribution in [0.2, 0.25) is 0 Å². The molecule has 2 aliphatic carbocycles. The molecule has 0 amide bonds. The zero-order valence-corrected chi connectivity index (χ0v) is 52.3. The van der Waals surface area contributed by atoms with Crippen molar-refractivity contribution in [1.82, 2.24) is 0 Å². The van der Waals surface area contributed by atoms with Gasteiger partial charge < -0.3 is 0 Å². The van der Waals surface area contributed by atoms with Crippen molar-refractivity contribution in [3.05, 3.63) is 392 Å². The van der Waals surface area contributed by atoms with Gasteiger partial charge in [0.15, 0.2) is 11.6 Å². The number of benzene rings is 11. The topological polar surface area (TPSA) is 34.1 Å². The van der Waals surface area contributed by atoms with Gasteiger partial charge in [-0.1, -0.05) is 351 Å². The van der Waals surface area contributed by atoms with E-state index in [1.165, 1.54) is 22.3 Å². The maximum atomic E-state index is 15.9. The molecule has 2 nitrogen and oxygen atoms in total. The molecule has 11 aromatic carbocycles. The van der Waals surface area contributed by atoms with Gasteiger partial charge in [0.2, 0.25) is 0 Å². The Kier molecular flexibility index (Phi) is 19.2. The number of rotatable bonds is 16. The molecule has 0 aliphatic heterocycles. The summed E-state index contributed by atoms with van der Waals surface area (Å²) in [6.45, 7) is 0. The average molecular weight is 1200 g/mol. The molecule has 13 rings (SSSR count). The van der Waals surface area contributed by atoms with Crippen molar-refractivity contribution in [2.75, 3.05) is 0 Å². The van der Waals surface area contributed by atoms with E-state index in [9.17, 15) is 0 Å². The highest BCUT2D eigenvalue weighted by Gasteiger charge is 2.38. The van der Waals surface area contributed by atoms with Crippen LogP contribution in [0.25, 0.3) is 44.6 Å². The van der Waals surface area contributed by atoms with E-state index in [1.807, 2.05) is 194 Å². The molecular formula is C92H66O2. The maximum absolute atomic E-state index is 15.9. The summed E-state index contributed by atoms with van der Waals surface area (Å²) in [4.78, 5) is 31.9. The molecule has 2 heteroatoms. The van der Waals surface area contributed by atoms with Crippen molar-refractivity contribution in [1.29, 1.82) is 0 Å². The molecule has 0 heterocycles. The van der Waals surface area contributed by atoms with Crippen LogP contribution in [0.1, 0.15) is 89.0 Å². The zero-order valence-electron chi connectivity index (χ0n) is 52.3. The van der Waals surface area contributed by atoms with Crippen molar-refractivity contribution < 1.29 is 9.59 Å². The minimum atomic E-state index is -0.0536. The van der Waals surface area contributed by atoms with Crippen LogP contribution >= 0.6 is 0 Å². The molecule has 0 saturated heterocycles. The van der Waals surface area contributed by atoms with Crippen molar-refractivity contribution in [2.45, 2.75) is 51.4 Å². The quantitative estimate of drug-likeness (QED) is 0.0904. The predicted molar refractivity (Wildman–Crippen MR) is 389 cm³/mol. The van der Waals surface area contributed by atoms with Crippen molar-refractivity contribution in [3.63, 3.8) is 0 Å². The van der Waals surface area contributed by atoms with E-state index in [0.29, 0.717) is 73.7 Å². The normalized spacial score (nSPS) is 12.6. The molecule has 0 atom stereocenters. The van der Waals surface area contributed by atoms with Crippen LogP contribution in [0.15, 0.2) is 303 Å². The number of allylic oxidation sites excluding steroid dienone is 8. The lowest BCUT2D eigenvalue weighted by Crippen LogP contribution is -2.02. The molecule has 0 bridgehead atoms. The molecule has 2 aliphatic rings. The summed E-state index contributed by atoms with van der Waals surface area (Å²) in [5.74, 6) is 27.7. The minimum Gasteiger partial charge on any atom is -0.289 e. The van der Waals surface area contributed by atoms with E-state index < -0.39 is 0 Å². The number of hydrogen-bond donors (Lipinski definition) is 0. The van der Waals surface area contributed by atoms with Gasteiger partial charge in [-0.2, -0.15) is 0 Å². The molecule has 0 fully saturated rings. The van der Waals surface area contributed by atoms with Crippen LogP contribution in [0.4, 0.5) is 0 Å². The first-order valence-electron chi connectivity index (χ1n) is 32.1. The van der Waals surface area contributed by atoms with E-state index in [4.69, 9.17) is 0 Å². The molecule has 0 saturated carbocycles. The van der Waals surface area contributed by atoms with Crippen LogP contribution in [0.3, 0.4) is 0 Å². The smallest absolute Gasteiger partial charge is 0.195 e. The fourth-order valence-corrected chi connectivity index (χ4v) is 12.6. The van der Waals surface area contributed by atoms with Crippen LogP contribution in [-0.2, 0) is 61.0 Å². The molecule has 0 unspecified atom stereocenters. The third kappa shape index (κ3) is 14.4. The molecule has 0 N–H and O–H groups in total. The average Bonchev–Trinajstić information content (AvgIpc) is 1.60. The lowest BCUT2D eigenvalue weighted by atomic mass is 9.85. The number of carbonyl (C=O) groups is 2. The van der Waals surface area contributed by atoms with E-state index >= 15 is 9.59 Å². The lowest BCUT2D eigenvalue weighted by Gasteiger charge is -2.18. The Balaban J connectivity index is 0.974. The van der Waals surface area contributed by atoms with Crippen LogP contribution in [-0.4, -0.2) is 11.6 Å². The van der Waals surface area contributed by atoms with Crippen LogP contribution in [0, 0.1) is 47.4 Å². The van der Waals surface area contributed by atoms with Crippen LogP contribution in [0.5, 0.6) is 0 Å².